The summed E-state index contributed by atoms with van der Waals surface area (Å²) in [6.07, 6.45) is 1.81. The van der Waals surface area contributed by atoms with Gasteiger partial charge >= 0.3 is 0 Å². The third-order valence-electron chi connectivity index (χ3n) is 2.17. The van der Waals surface area contributed by atoms with Crippen LogP contribution in [0.2, 0.25) is 0 Å². The zero-order valence-electron chi connectivity index (χ0n) is 9.13. The molecule has 14 heavy (non-hydrogen) atoms. The Balaban J connectivity index is 2.95. The molecule has 0 amide bonds. The highest BCUT2D eigenvalue weighted by atomic mass is 32.2. The third kappa shape index (κ3) is 2.61. The topological polar surface area (TPSA) is 17.1 Å². The predicted molar refractivity (Wildman–Crippen MR) is 63.0 cm³/mol. The predicted octanol–water partition coefficient (Wildman–Crippen LogP) is 3.49. The van der Waals surface area contributed by atoms with Crippen LogP contribution >= 0.6 is 11.8 Å². The monoisotopic (exact) mass is 208 g/mol. The first-order chi connectivity index (χ1) is 6.45. The normalized spacial score (nSPS) is 11.4. The minimum Gasteiger partial charge on any atom is -0.282 e. The zero-order valence-corrected chi connectivity index (χ0v) is 9.94. The molecule has 1 aromatic carbocycles. The first kappa shape index (κ1) is 11.3. The second-order valence-corrected chi connectivity index (χ2v) is 5.10. The number of thioether (sulfide) groups is 1. The van der Waals surface area contributed by atoms with Crippen LogP contribution in [0.1, 0.15) is 36.7 Å². The van der Waals surface area contributed by atoms with Gasteiger partial charge < -0.3 is 0 Å². The van der Waals surface area contributed by atoms with Gasteiger partial charge in [-0.2, -0.15) is 0 Å². The van der Waals surface area contributed by atoms with Crippen LogP contribution < -0.4 is 0 Å². The van der Waals surface area contributed by atoms with Crippen LogP contribution in [0.25, 0.3) is 0 Å². The van der Waals surface area contributed by atoms with Crippen LogP contribution in [0.15, 0.2) is 24.3 Å². The molecule has 0 bridgehead atoms. The largest absolute Gasteiger partial charge is 0.282 e. The van der Waals surface area contributed by atoms with Crippen molar-refractivity contribution in [1.29, 1.82) is 0 Å². The maximum Gasteiger partial charge on any atom is 0.219 e. The van der Waals surface area contributed by atoms with E-state index in [1.54, 1.807) is 6.26 Å². The fourth-order valence-corrected chi connectivity index (χ4v) is 1.60. The summed E-state index contributed by atoms with van der Waals surface area (Å²) < 4.78 is 0. The van der Waals surface area contributed by atoms with Crippen LogP contribution in [0.3, 0.4) is 0 Å². The summed E-state index contributed by atoms with van der Waals surface area (Å²) in [4.78, 5) is 11.3. The second-order valence-electron chi connectivity index (χ2n) is 4.32. The Morgan fingerprint density at radius 3 is 2.00 bits per heavy atom. The van der Waals surface area contributed by atoms with Crippen molar-refractivity contribution in [3.8, 4) is 0 Å². The quantitative estimate of drug-likeness (QED) is 0.702. The average molecular weight is 208 g/mol. The van der Waals surface area contributed by atoms with Crippen molar-refractivity contribution in [2.24, 2.45) is 0 Å². The SMILES string of the molecule is CSC(=O)c1ccc(C(C)(C)C)cc1. The second kappa shape index (κ2) is 4.18. The lowest BCUT2D eigenvalue weighted by Gasteiger charge is -2.18. The molecule has 76 valence electrons. The van der Waals surface area contributed by atoms with Crippen molar-refractivity contribution in [2.75, 3.05) is 6.26 Å². The smallest absolute Gasteiger partial charge is 0.219 e. The van der Waals surface area contributed by atoms with E-state index < -0.39 is 0 Å². The molecule has 0 fully saturated rings. The number of rotatable bonds is 1. The fourth-order valence-electron chi connectivity index (χ4n) is 1.22. The van der Waals surface area contributed by atoms with Crippen molar-refractivity contribution in [2.45, 2.75) is 26.2 Å². The Hall–Kier alpha value is -0.760. The van der Waals surface area contributed by atoms with Crippen LogP contribution in [0, 0.1) is 0 Å². The molecule has 0 unspecified atom stereocenters. The third-order valence-corrected chi connectivity index (χ3v) is 2.78. The average Bonchev–Trinajstić information content (AvgIpc) is 2.15. The van der Waals surface area contributed by atoms with E-state index in [1.807, 2.05) is 24.3 Å². The van der Waals surface area contributed by atoms with Gasteiger partial charge in [0.2, 0.25) is 5.12 Å². The summed E-state index contributed by atoms with van der Waals surface area (Å²) in [6, 6.07) is 7.87. The van der Waals surface area contributed by atoms with Crippen molar-refractivity contribution in [3.63, 3.8) is 0 Å². The number of benzene rings is 1. The molecule has 0 spiro atoms. The Morgan fingerprint density at radius 2 is 1.64 bits per heavy atom. The van der Waals surface area contributed by atoms with Gasteiger partial charge in [-0.3, -0.25) is 4.79 Å². The van der Waals surface area contributed by atoms with Gasteiger partial charge in [0, 0.05) is 5.56 Å². The minimum absolute atomic E-state index is 0.130. The van der Waals surface area contributed by atoms with Gasteiger partial charge in [0.25, 0.3) is 0 Å². The molecular weight excluding hydrogens is 192 g/mol. The first-order valence-corrected chi connectivity index (χ1v) is 5.86. The highest BCUT2D eigenvalue weighted by molar-refractivity contribution is 8.13. The van der Waals surface area contributed by atoms with Crippen molar-refractivity contribution < 1.29 is 4.79 Å². The molecule has 0 aliphatic rings. The molecule has 2 heteroatoms. The molecule has 0 N–H and O–H groups in total. The summed E-state index contributed by atoms with van der Waals surface area (Å²) in [6.45, 7) is 6.50. The number of carbonyl (C=O) groups excluding carboxylic acids is 1. The molecular formula is C12H16OS. The lowest BCUT2D eigenvalue weighted by Crippen LogP contribution is -2.10. The maximum absolute atomic E-state index is 11.3. The summed E-state index contributed by atoms with van der Waals surface area (Å²) >= 11 is 1.25. The van der Waals surface area contributed by atoms with E-state index in [9.17, 15) is 4.79 Å². The molecule has 0 aliphatic carbocycles. The van der Waals surface area contributed by atoms with Gasteiger partial charge in [-0.15, -0.1) is 0 Å². The molecule has 1 aromatic rings. The summed E-state index contributed by atoms with van der Waals surface area (Å²) in [5.41, 5.74) is 2.20. The standard InChI is InChI=1S/C12H16OS/c1-12(2,3)10-7-5-9(6-8-10)11(13)14-4/h5-8H,1-4H3. The van der Waals surface area contributed by atoms with Crippen LogP contribution in [0.4, 0.5) is 0 Å². The van der Waals surface area contributed by atoms with E-state index in [2.05, 4.69) is 20.8 Å². The lowest BCUT2D eigenvalue weighted by atomic mass is 9.87. The molecule has 1 rings (SSSR count). The summed E-state index contributed by atoms with van der Waals surface area (Å²) in [5.74, 6) is 0. The minimum atomic E-state index is 0.130. The number of hydrogen-bond donors (Lipinski definition) is 0. The molecule has 0 heterocycles. The summed E-state index contributed by atoms with van der Waals surface area (Å²) in [7, 11) is 0. The van der Waals surface area contributed by atoms with Gasteiger partial charge in [0.1, 0.15) is 0 Å². The highest BCUT2D eigenvalue weighted by Gasteiger charge is 2.13. The lowest BCUT2D eigenvalue weighted by molar-refractivity contribution is 0.108. The molecule has 0 radical (unpaired) electrons. The molecule has 0 aliphatic heterocycles. The van der Waals surface area contributed by atoms with Gasteiger partial charge in [-0.05, 0) is 17.2 Å². The molecule has 0 saturated heterocycles. The van der Waals surface area contributed by atoms with E-state index in [4.69, 9.17) is 0 Å². The Bertz CT molecular complexity index is 319. The highest BCUT2D eigenvalue weighted by Crippen LogP contribution is 2.22. The van der Waals surface area contributed by atoms with E-state index in [-0.39, 0.29) is 10.5 Å². The van der Waals surface area contributed by atoms with Gasteiger partial charge in [-0.1, -0.05) is 56.8 Å². The first-order valence-electron chi connectivity index (χ1n) is 4.64. The van der Waals surface area contributed by atoms with Crippen LogP contribution in [0.5, 0.6) is 0 Å². The van der Waals surface area contributed by atoms with Crippen LogP contribution in [-0.4, -0.2) is 11.4 Å². The van der Waals surface area contributed by atoms with Crippen molar-refractivity contribution in [1.82, 2.24) is 0 Å². The Labute approximate surface area is 89.9 Å². The van der Waals surface area contributed by atoms with Gasteiger partial charge in [0.15, 0.2) is 0 Å². The zero-order chi connectivity index (χ0) is 10.8. The number of hydrogen-bond acceptors (Lipinski definition) is 2. The maximum atomic E-state index is 11.3. The Morgan fingerprint density at radius 1 is 1.14 bits per heavy atom. The molecule has 0 saturated carbocycles. The van der Waals surface area contributed by atoms with Crippen molar-refractivity contribution >= 4 is 16.9 Å². The van der Waals surface area contributed by atoms with Gasteiger partial charge in [0.05, 0.1) is 0 Å². The summed E-state index contributed by atoms with van der Waals surface area (Å²) in [5, 5.41) is 0.130. The van der Waals surface area contributed by atoms with E-state index in [0.29, 0.717) is 0 Å². The van der Waals surface area contributed by atoms with Crippen LogP contribution in [-0.2, 0) is 5.41 Å². The molecule has 0 aromatic heterocycles. The fraction of sp³-hybridized carbons (Fsp3) is 0.417. The Kier molecular flexibility index (Phi) is 3.38. The van der Waals surface area contributed by atoms with Crippen molar-refractivity contribution in [3.05, 3.63) is 35.4 Å². The molecule has 1 nitrogen and oxygen atoms in total. The van der Waals surface area contributed by atoms with E-state index in [1.165, 1.54) is 17.3 Å². The van der Waals surface area contributed by atoms with E-state index in [0.717, 1.165) is 5.56 Å². The molecule has 0 atom stereocenters. The van der Waals surface area contributed by atoms with E-state index >= 15 is 0 Å². The van der Waals surface area contributed by atoms with Gasteiger partial charge in [-0.25, -0.2) is 0 Å². The number of carbonyl (C=O) groups is 1.